The van der Waals surface area contributed by atoms with Crippen LogP contribution in [-0.2, 0) is 0 Å². The predicted octanol–water partition coefficient (Wildman–Crippen LogP) is 5.15. The normalized spacial score (nSPS) is 28.6. The second-order valence-corrected chi connectivity index (χ2v) is 10.0. The van der Waals surface area contributed by atoms with Crippen molar-refractivity contribution in [3.05, 3.63) is 60.7 Å². The van der Waals surface area contributed by atoms with Crippen LogP contribution in [0.4, 0.5) is 11.4 Å². The second kappa shape index (κ2) is 8.16. The molecule has 0 radical (unpaired) electrons. The molecule has 4 atom stereocenters. The maximum absolute atomic E-state index is 5.69. The summed E-state index contributed by atoms with van der Waals surface area (Å²) in [6.07, 6.45) is 2.39. The summed E-state index contributed by atoms with van der Waals surface area (Å²) < 4.78 is 0. The van der Waals surface area contributed by atoms with Gasteiger partial charge < -0.3 is 21.3 Å². The van der Waals surface area contributed by atoms with Crippen LogP contribution in [0.2, 0.25) is 0 Å². The lowest BCUT2D eigenvalue weighted by atomic mass is 9.69. The fourth-order valence-corrected chi connectivity index (χ4v) is 5.98. The van der Waals surface area contributed by atoms with Crippen LogP contribution >= 0.6 is 24.4 Å². The van der Waals surface area contributed by atoms with E-state index in [9.17, 15) is 0 Å². The van der Waals surface area contributed by atoms with Gasteiger partial charge in [-0.3, -0.25) is 0 Å². The highest BCUT2D eigenvalue weighted by molar-refractivity contribution is 7.80. The summed E-state index contributed by atoms with van der Waals surface area (Å²) in [6.45, 7) is 7.18. The molecule has 30 heavy (non-hydrogen) atoms. The van der Waals surface area contributed by atoms with Crippen molar-refractivity contribution in [3.8, 4) is 0 Å². The summed E-state index contributed by atoms with van der Waals surface area (Å²) in [7, 11) is 0. The first-order valence-corrected chi connectivity index (χ1v) is 11.4. The first-order valence-electron chi connectivity index (χ1n) is 10.6. The largest absolute Gasteiger partial charge is 0.357 e. The molecular formula is C24H30N4S2. The van der Waals surface area contributed by atoms with Crippen LogP contribution in [0.15, 0.2) is 60.7 Å². The molecule has 2 aliphatic rings. The molecule has 0 amide bonds. The number of rotatable bonds is 4. The van der Waals surface area contributed by atoms with Crippen LogP contribution in [0.3, 0.4) is 0 Å². The second-order valence-electron chi connectivity index (χ2n) is 9.22. The summed E-state index contributed by atoms with van der Waals surface area (Å²) >= 11 is 11.4. The monoisotopic (exact) mass is 438 g/mol. The number of hydrogen-bond donors (Lipinski definition) is 4. The molecule has 2 aromatic carbocycles. The Labute approximate surface area is 190 Å². The average Bonchev–Trinajstić information content (AvgIpc) is 3.03. The molecule has 2 bridgehead atoms. The summed E-state index contributed by atoms with van der Waals surface area (Å²) in [5.41, 5.74) is 2.30. The third-order valence-electron chi connectivity index (χ3n) is 7.50. The zero-order chi connectivity index (χ0) is 21.4. The fourth-order valence-electron chi connectivity index (χ4n) is 5.48. The van der Waals surface area contributed by atoms with Crippen molar-refractivity contribution in [2.75, 3.05) is 10.6 Å². The Morgan fingerprint density at radius 2 is 1.30 bits per heavy atom. The van der Waals surface area contributed by atoms with Gasteiger partial charge in [0.15, 0.2) is 10.2 Å². The summed E-state index contributed by atoms with van der Waals surface area (Å²) in [5, 5.41) is 15.2. The van der Waals surface area contributed by atoms with Crippen molar-refractivity contribution in [1.29, 1.82) is 0 Å². The summed E-state index contributed by atoms with van der Waals surface area (Å²) in [5.74, 6) is 0.523. The van der Waals surface area contributed by atoms with Crippen molar-refractivity contribution < 1.29 is 0 Å². The zero-order valence-corrected chi connectivity index (χ0v) is 19.4. The lowest BCUT2D eigenvalue weighted by molar-refractivity contribution is 0.129. The smallest absolute Gasteiger partial charge is 0.171 e. The Kier molecular flexibility index (Phi) is 5.73. The number of benzene rings is 2. The van der Waals surface area contributed by atoms with Crippen LogP contribution in [0, 0.1) is 16.7 Å². The lowest BCUT2D eigenvalue weighted by Gasteiger charge is -2.41. The van der Waals surface area contributed by atoms with Gasteiger partial charge in [-0.1, -0.05) is 57.2 Å². The highest BCUT2D eigenvalue weighted by Gasteiger charge is 2.66. The van der Waals surface area contributed by atoms with E-state index in [2.05, 4.69) is 42.0 Å². The molecule has 4 nitrogen and oxygen atoms in total. The number of para-hydroxylation sites is 2. The molecule has 0 unspecified atom stereocenters. The molecule has 158 valence electrons. The molecule has 2 aliphatic carbocycles. The minimum Gasteiger partial charge on any atom is -0.357 e. The Hall–Kier alpha value is -2.18. The van der Waals surface area contributed by atoms with Crippen LogP contribution in [0.25, 0.3) is 0 Å². The maximum atomic E-state index is 5.69. The molecule has 2 aromatic rings. The zero-order valence-electron chi connectivity index (χ0n) is 17.7. The first-order chi connectivity index (χ1) is 14.3. The maximum Gasteiger partial charge on any atom is 0.171 e. The molecule has 0 heterocycles. The third-order valence-corrected chi connectivity index (χ3v) is 7.94. The van der Waals surface area contributed by atoms with Gasteiger partial charge in [-0.05, 0) is 78.3 Å². The number of anilines is 2. The van der Waals surface area contributed by atoms with Crippen LogP contribution in [0.1, 0.15) is 33.6 Å². The Morgan fingerprint density at radius 3 is 1.83 bits per heavy atom. The van der Waals surface area contributed by atoms with Crippen molar-refractivity contribution in [2.45, 2.75) is 45.7 Å². The molecule has 4 N–H and O–H groups in total. The minimum absolute atomic E-state index is 0.125. The van der Waals surface area contributed by atoms with E-state index in [4.69, 9.17) is 24.4 Å². The standard InChI is InChI=1S/C24H30N4S2/c1-23(2)18-14-15-24(23,3)20(28-22(30)26-17-12-8-5-9-13-17)19(18)27-21(29)25-16-10-6-4-7-11-16/h4-13,18-20H,14-15H2,1-3H3,(H2,25,27,29)(H2,26,28,30)/t18-,19-,20-,24+/m1/s1. The number of hydrogen-bond acceptors (Lipinski definition) is 2. The van der Waals surface area contributed by atoms with Gasteiger partial charge in [0.05, 0.1) is 12.1 Å². The Bertz CT molecular complexity index is 915. The Balaban J connectivity index is 1.50. The highest BCUT2D eigenvalue weighted by atomic mass is 32.1. The van der Waals surface area contributed by atoms with E-state index in [0.717, 1.165) is 11.4 Å². The topological polar surface area (TPSA) is 48.1 Å². The minimum atomic E-state index is 0.125. The highest BCUT2D eigenvalue weighted by Crippen LogP contribution is 2.65. The van der Waals surface area contributed by atoms with E-state index in [1.54, 1.807) is 0 Å². The molecule has 0 saturated heterocycles. The molecule has 0 spiro atoms. The summed E-state index contributed by atoms with van der Waals surface area (Å²) in [4.78, 5) is 0. The van der Waals surface area contributed by atoms with Gasteiger partial charge in [0.2, 0.25) is 0 Å². The average molecular weight is 439 g/mol. The molecule has 2 saturated carbocycles. The van der Waals surface area contributed by atoms with Crippen LogP contribution in [-0.4, -0.2) is 22.3 Å². The lowest BCUT2D eigenvalue weighted by Crippen LogP contribution is -2.58. The van der Waals surface area contributed by atoms with E-state index >= 15 is 0 Å². The van der Waals surface area contributed by atoms with Crippen molar-refractivity contribution in [3.63, 3.8) is 0 Å². The third kappa shape index (κ3) is 3.79. The number of nitrogens with one attached hydrogen (secondary N) is 4. The van der Waals surface area contributed by atoms with Crippen molar-refractivity contribution in [2.24, 2.45) is 16.7 Å². The summed E-state index contributed by atoms with van der Waals surface area (Å²) in [6, 6.07) is 20.5. The number of thiocarbonyl (C=S) groups is 2. The number of fused-ring (bicyclic) bond motifs is 2. The van der Waals surface area contributed by atoms with E-state index in [0.29, 0.717) is 16.1 Å². The van der Waals surface area contributed by atoms with Crippen molar-refractivity contribution in [1.82, 2.24) is 10.6 Å². The van der Waals surface area contributed by atoms with Gasteiger partial charge in [0, 0.05) is 11.4 Å². The molecule has 2 fully saturated rings. The predicted molar refractivity (Wildman–Crippen MR) is 134 cm³/mol. The fraction of sp³-hybridized carbons (Fsp3) is 0.417. The van der Waals surface area contributed by atoms with Gasteiger partial charge in [-0.25, -0.2) is 0 Å². The Morgan fingerprint density at radius 1 is 0.800 bits per heavy atom. The molecule has 4 rings (SSSR count). The van der Waals surface area contributed by atoms with Gasteiger partial charge >= 0.3 is 0 Å². The van der Waals surface area contributed by atoms with Gasteiger partial charge in [0.25, 0.3) is 0 Å². The molecular weight excluding hydrogens is 408 g/mol. The molecule has 0 aliphatic heterocycles. The first kappa shape index (κ1) is 21.1. The SMILES string of the molecule is CC1(C)[C@@H]2CC[C@@]1(C)[C@H](NC(=S)Nc1ccccc1)[C@@H]2NC(=S)Nc1ccccc1. The van der Waals surface area contributed by atoms with E-state index in [1.807, 2.05) is 60.7 Å². The molecule has 0 aromatic heterocycles. The van der Waals surface area contributed by atoms with Crippen molar-refractivity contribution >= 4 is 46.0 Å². The molecule has 6 heteroatoms. The van der Waals surface area contributed by atoms with E-state index in [-0.39, 0.29) is 22.9 Å². The quantitative estimate of drug-likeness (QED) is 0.495. The van der Waals surface area contributed by atoms with Gasteiger partial charge in [-0.15, -0.1) is 0 Å². The van der Waals surface area contributed by atoms with E-state index < -0.39 is 0 Å². The van der Waals surface area contributed by atoms with Gasteiger partial charge in [-0.2, -0.15) is 0 Å². The van der Waals surface area contributed by atoms with Gasteiger partial charge in [0.1, 0.15) is 0 Å². The van der Waals surface area contributed by atoms with Crippen LogP contribution in [0.5, 0.6) is 0 Å². The van der Waals surface area contributed by atoms with E-state index in [1.165, 1.54) is 12.8 Å². The van der Waals surface area contributed by atoms with Crippen LogP contribution < -0.4 is 21.3 Å².